The van der Waals surface area contributed by atoms with E-state index in [-0.39, 0.29) is 30.2 Å². The van der Waals surface area contributed by atoms with Crippen LogP contribution in [0.15, 0.2) is 53.8 Å². The number of rotatable bonds is 5. The lowest BCUT2D eigenvalue weighted by atomic mass is 9.86. The van der Waals surface area contributed by atoms with E-state index in [2.05, 4.69) is 15.3 Å². The van der Waals surface area contributed by atoms with Gasteiger partial charge in [-0.3, -0.25) is 19.4 Å². The fraction of sp³-hybridized carbons (Fsp3) is 0.519. The minimum Gasteiger partial charge on any atom is -0.349 e. The molecule has 0 saturated heterocycles. The van der Waals surface area contributed by atoms with E-state index < -0.39 is 17.1 Å². The average Bonchev–Trinajstić information content (AvgIpc) is 2.82. The number of fused-ring (bicyclic) bond motifs is 1. The van der Waals surface area contributed by atoms with Crippen LogP contribution in [0.5, 0.6) is 0 Å². The summed E-state index contributed by atoms with van der Waals surface area (Å²) in [5.74, 6) is -0.436. The number of aliphatic imine (C=N–C) groups is 1. The Hall–Kier alpha value is -3.29. The van der Waals surface area contributed by atoms with Crippen LogP contribution in [0.25, 0.3) is 0 Å². The summed E-state index contributed by atoms with van der Waals surface area (Å²) in [5, 5.41) is 3.07. The Kier molecular flexibility index (Phi) is 6.92. The Balaban J connectivity index is 1.82. The molecule has 3 amide bonds. The highest BCUT2D eigenvalue weighted by Crippen LogP contribution is 2.37. The van der Waals surface area contributed by atoms with Crippen molar-refractivity contribution in [2.24, 2.45) is 4.99 Å². The van der Waals surface area contributed by atoms with Crippen LogP contribution in [0, 0.1) is 0 Å². The summed E-state index contributed by atoms with van der Waals surface area (Å²) in [4.78, 5) is 53.2. The molecule has 1 fully saturated rings. The summed E-state index contributed by atoms with van der Waals surface area (Å²) >= 11 is 0. The molecule has 186 valence electrons. The first-order chi connectivity index (χ1) is 16.6. The monoisotopic (exact) mass is 477 g/mol. The van der Waals surface area contributed by atoms with Crippen LogP contribution in [0.2, 0.25) is 0 Å². The maximum absolute atomic E-state index is 14.6. The summed E-state index contributed by atoms with van der Waals surface area (Å²) in [7, 11) is 0. The van der Waals surface area contributed by atoms with Gasteiger partial charge in [-0.05, 0) is 64.8 Å². The van der Waals surface area contributed by atoms with Crippen molar-refractivity contribution in [3.8, 4) is 0 Å². The molecular formula is C27H35N5O3. The number of carbonyl (C=O) groups is 3. The molecule has 2 aliphatic heterocycles. The van der Waals surface area contributed by atoms with E-state index in [1.807, 2.05) is 32.9 Å². The number of amidine groups is 1. The zero-order valence-electron chi connectivity index (χ0n) is 21.0. The highest BCUT2D eigenvalue weighted by atomic mass is 16.2. The van der Waals surface area contributed by atoms with Crippen molar-refractivity contribution < 1.29 is 14.4 Å². The van der Waals surface area contributed by atoms with Gasteiger partial charge in [0.15, 0.2) is 6.04 Å². The van der Waals surface area contributed by atoms with Crippen molar-refractivity contribution in [1.29, 1.82) is 0 Å². The first-order valence-electron chi connectivity index (χ1n) is 12.4. The molecule has 4 rings (SSSR count). The van der Waals surface area contributed by atoms with Gasteiger partial charge in [0, 0.05) is 24.0 Å². The Morgan fingerprint density at radius 2 is 1.91 bits per heavy atom. The number of carbonyl (C=O) groups excluding carboxylic acids is 3. The number of hydrogen-bond acceptors (Lipinski definition) is 5. The van der Waals surface area contributed by atoms with E-state index in [1.165, 1.54) is 0 Å². The molecule has 3 aliphatic rings. The fourth-order valence-electron chi connectivity index (χ4n) is 5.18. The molecule has 0 aromatic carbocycles. The highest BCUT2D eigenvalue weighted by molar-refractivity contribution is 6.10. The molecule has 8 nitrogen and oxygen atoms in total. The lowest BCUT2D eigenvalue weighted by molar-refractivity contribution is -0.154. The molecule has 35 heavy (non-hydrogen) atoms. The quantitative estimate of drug-likeness (QED) is 0.698. The van der Waals surface area contributed by atoms with Gasteiger partial charge in [0.05, 0.1) is 12.1 Å². The summed E-state index contributed by atoms with van der Waals surface area (Å²) < 4.78 is 0. The van der Waals surface area contributed by atoms with Crippen molar-refractivity contribution in [2.75, 3.05) is 0 Å². The van der Waals surface area contributed by atoms with E-state index in [4.69, 9.17) is 0 Å². The van der Waals surface area contributed by atoms with Crippen LogP contribution in [-0.4, -0.2) is 55.5 Å². The molecule has 3 heterocycles. The first kappa shape index (κ1) is 24.8. The van der Waals surface area contributed by atoms with Crippen LogP contribution in [0.3, 0.4) is 0 Å². The smallest absolute Gasteiger partial charge is 0.250 e. The van der Waals surface area contributed by atoms with E-state index in [0.717, 1.165) is 32.1 Å². The molecule has 0 bridgehead atoms. The lowest BCUT2D eigenvalue weighted by Crippen LogP contribution is -2.64. The molecule has 1 N–H and O–H groups in total. The first-order valence-corrected chi connectivity index (χ1v) is 12.4. The number of amides is 3. The minimum absolute atomic E-state index is 0.0629. The second-order valence-corrected chi connectivity index (χ2v) is 10.8. The van der Waals surface area contributed by atoms with Gasteiger partial charge in [-0.15, -0.1) is 0 Å². The maximum Gasteiger partial charge on any atom is 0.250 e. The number of pyridine rings is 1. The van der Waals surface area contributed by atoms with Crippen molar-refractivity contribution >= 4 is 23.6 Å². The van der Waals surface area contributed by atoms with Gasteiger partial charge in [0.2, 0.25) is 11.8 Å². The number of nitrogens with one attached hydrogen (secondary N) is 1. The standard InChI is InChI=1S/C27H35N5O3/c1-26(2,3)30-24(34)23(20-14-8-10-16-28-20)32(19-12-6-5-7-13-19)25(35)27(4)18-22(33)29-21-15-9-11-17-31(21)27/h8-11,14-17,19,23H,5-7,12-13,18H2,1-4H3,(H,30,34). The van der Waals surface area contributed by atoms with Crippen molar-refractivity contribution in [2.45, 2.75) is 89.4 Å². The Labute approximate surface area is 207 Å². The Bertz CT molecular complexity index is 1070. The van der Waals surface area contributed by atoms with Crippen LogP contribution in [0.1, 0.15) is 78.0 Å². The van der Waals surface area contributed by atoms with Crippen molar-refractivity contribution in [3.63, 3.8) is 0 Å². The number of allylic oxidation sites excluding steroid dienone is 2. The third-order valence-electron chi connectivity index (χ3n) is 6.76. The number of aromatic nitrogens is 1. The Morgan fingerprint density at radius 1 is 1.17 bits per heavy atom. The zero-order chi connectivity index (χ0) is 25.2. The van der Waals surface area contributed by atoms with Gasteiger partial charge in [0.1, 0.15) is 11.4 Å². The summed E-state index contributed by atoms with van der Waals surface area (Å²) in [6.07, 6.45) is 13.4. The number of nitrogens with zero attached hydrogens (tertiary/aromatic N) is 4. The van der Waals surface area contributed by atoms with E-state index >= 15 is 0 Å². The van der Waals surface area contributed by atoms with E-state index in [9.17, 15) is 14.4 Å². The van der Waals surface area contributed by atoms with Gasteiger partial charge < -0.3 is 15.1 Å². The summed E-state index contributed by atoms with van der Waals surface area (Å²) in [6.45, 7) is 7.53. The van der Waals surface area contributed by atoms with Gasteiger partial charge in [-0.25, -0.2) is 0 Å². The molecule has 0 radical (unpaired) electrons. The minimum atomic E-state index is -1.21. The largest absolute Gasteiger partial charge is 0.349 e. The molecular weight excluding hydrogens is 442 g/mol. The Morgan fingerprint density at radius 3 is 2.57 bits per heavy atom. The van der Waals surface area contributed by atoms with E-state index in [1.54, 1.807) is 53.4 Å². The predicted molar refractivity (Wildman–Crippen MR) is 134 cm³/mol. The van der Waals surface area contributed by atoms with Crippen LogP contribution >= 0.6 is 0 Å². The maximum atomic E-state index is 14.6. The topological polar surface area (TPSA) is 95.0 Å². The van der Waals surface area contributed by atoms with Crippen molar-refractivity contribution in [3.05, 3.63) is 54.5 Å². The predicted octanol–water partition coefficient (Wildman–Crippen LogP) is 3.67. The van der Waals surface area contributed by atoms with Crippen LogP contribution < -0.4 is 5.32 Å². The van der Waals surface area contributed by atoms with Crippen LogP contribution in [0.4, 0.5) is 0 Å². The normalized spacial score (nSPS) is 23.4. The third-order valence-corrected chi connectivity index (χ3v) is 6.76. The molecule has 0 spiro atoms. The zero-order valence-corrected chi connectivity index (χ0v) is 21.0. The van der Waals surface area contributed by atoms with Gasteiger partial charge in [-0.2, -0.15) is 4.99 Å². The molecule has 1 aromatic rings. The summed E-state index contributed by atoms with van der Waals surface area (Å²) in [6, 6.07) is 4.37. The average molecular weight is 478 g/mol. The third kappa shape index (κ3) is 5.21. The van der Waals surface area contributed by atoms with Gasteiger partial charge >= 0.3 is 0 Å². The second kappa shape index (κ2) is 9.76. The van der Waals surface area contributed by atoms with E-state index in [0.29, 0.717) is 11.5 Å². The molecule has 1 saturated carbocycles. The SMILES string of the molecule is CC(C)(C)NC(=O)C(c1ccccn1)N(C(=O)C1(C)CC(=O)N=C2C=CC=CN21)C1CCCCC1. The highest BCUT2D eigenvalue weighted by Gasteiger charge is 2.51. The molecule has 2 atom stereocenters. The number of hydrogen-bond donors (Lipinski definition) is 1. The van der Waals surface area contributed by atoms with Crippen LogP contribution in [-0.2, 0) is 14.4 Å². The molecule has 8 heteroatoms. The second-order valence-electron chi connectivity index (χ2n) is 10.8. The molecule has 2 unspecified atom stereocenters. The van der Waals surface area contributed by atoms with Gasteiger partial charge in [-0.1, -0.05) is 31.4 Å². The summed E-state index contributed by atoms with van der Waals surface area (Å²) in [5.41, 5.74) is -1.18. The molecule has 1 aliphatic carbocycles. The molecule has 1 aromatic heterocycles. The van der Waals surface area contributed by atoms with Crippen molar-refractivity contribution in [1.82, 2.24) is 20.1 Å². The van der Waals surface area contributed by atoms with Gasteiger partial charge in [0.25, 0.3) is 5.91 Å². The fourth-order valence-corrected chi connectivity index (χ4v) is 5.18. The lowest BCUT2D eigenvalue weighted by Gasteiger charge is -2.48.